The highest BCUT2D eigenvalue weighted by atomic mass is 35.5. The number of rotatable bonds is 3. The van der Waals surface area contributed by atoms with Crippen LogP contribution in [0.25, 0.3) is 0 Å². The van der Waals surface area contributed by atoms with Crippen molar-refractivity contribution < 1.29 is 9.59 Å². The summed E-state index contributed by atoms with van der Waals surface area (Å²) in [4.78, 5) is 26.8. The molecule has 1 saturated carbocycles. The first-order chi connectivity index (χ1) is 11.6. The standard InChI is InChI=1S/C19H25ClN2O2/c20-16-8-4-7-15(13-16)18(23)21-17-9-11-22(12-10-17)19(24)14-5-2-1-3-6-14/h4,7-8,13-14,17H,1-3,5-6,9-12H2,(H,21,23). The summed E-state index contributed by atoms with van der Waals surface area (Å²) in [6.45, 7) is 1.49. The Bertz CT molecular complexity index is 591. The summed E-state index contributed by atoms with van der Waals surface area (Å²) < 4.78 is 0. The number of piperidine rings is 1. The summed E-state index contributed by atoms with van der Waals surface area (Å²) in [7, 11) is 0. The number of halogens is 1. The van der Waals surface area contributed by atoms with E-state index < -0.39 is 0 Å². The van der Waals surface area contributed by atoms with Crippen LogP contribution >= 0.6 is 11.6 Å². The van der Waals surface area contributed by atoms with Gasteiger partial charge in [-0.1, -0.05) is 36.9 Å². The average Bonchev–Trinajstić information content (AvgIpc) is 2.62. The van der Waals surface area contributed by atoms with E-state index in [0.29, 0.717) is 16.5 Å². The highest BCUT2D eigenvalue weighted by molar-refractivity contribution is 6.30. The van der Waals surface area contributed by atoms with E-state index in [1.54, 1.807) is 24.3 Å². The van der Waals surface area contributed by atoms with Crippen molar-refractivity contribution in [2.75, 3.05) is 13.1 Å². The summed E-state index contributed by atoms with van der Waals surface area (Å²) in [6.07, 6.45) is 7.37. The van der Waals surface area contributed by atoms with Gasteiger partial charge in [0.05, 0.1) is 0 Å². The van der Waals surface area contributed by atoms with E-state index in [-0.39, 0.29) is 17.9 Å². The third-order valence-electron chi connectivity index (χ3n) is 5.18. The van der Waals surface area contributed by atoms with E-state index >= 15 is 0 Å². The number of benzene rings is 1. The molecule has 0 spiro atoms. The average molecular weight is 349 g/mol. The number of hydrogen-bond acceptors (Lipinski definition) is 2. The molecule has 1 aromatic rings. The van der Waals surface area contributed by atoms with Crippen molar-refractivity contribution in [1.29, 1.82) is 0 Å². The number of carbonyl (C=O) groups is 2. The number of hydrogen-bond donors (Lipinski definition) is 1. The fraction of sp³-hybridized carbons (Fsp3) is 0.579. The van der Waals surface area contributed by atoms with Gasteiger partial charge >= 0.3 is 0 Å². The molecule has 2 fully saturated rings. The zero-order chi connectivity index (χ0) is 16.9. The maximum absolute atomic E-state index is 12.6. The topological polar surface area (TPSA) is 49.4 Å². The lowest BCUT2D eigenvalue weighted by molar-refractivity contribution is -0.137. The van der Waals surface area contributed by atoms with Crippen LogP contribution in [-0.4, -0.2) is 35.8 Å². The number of carbonyl (C=O) groups excluding carboxylic acids is 2. The van der Waals surface area contributed by atoms with Gasteiger partial charge in [0.25, 0.3) is 5.91 Å². The molecule has 1 aliphatic heterocycles. The largest absolute Gasteiger partial charge is 0.349 e. The van der Waals surface area contributed by atoms with Crippen molar-refractivity contribution in [1.82, 2.24) is 10.2 Å². The van der Waals surface area contributed by atoms with E-state index in [2.05, 4.69) is 5.32 Å². The maximum atomic E-state index is 12.6. The Balaban J connectivity index is 1.48. The zero-order valence-corrected chi connectivity index (χ0v) is 14.7. The highest BCUT2D eigenvalue weighted by Crippen LogP contribution is 2.26. The first kappa shape index (κ1) is 17.3. The third-order valence-corrected chi connectivity index (χ3v) is 5.42. The first-order valence-electron chi connectivity index (χ1n) is 8.99. The molecular weight excluding hydrogens is 324 g/mol. The molecular formula is C19H25ClN2O2. The Morgan fingerprint density at radius 3 is 2.42 bits per heavy atom. The quantitative estimate of drug-likeness (QED) is 0.906. The maximum Gasteiger partial charge on any atom is 0.251 e. The van der Waals surface area contributed by atoms with Gasteiger partial charge in [-0.2, -0.15) is 0 Å². The van der Waals surface area contributed by atoms with E-state index in [4.69, 9.17) is 11.6 Å². The third kappa shape index (κ3) is 4.29. The van der Waals surface area contributed by atoms with Crippen molar-refractivity contribution in [2.24, 2.45) is 5.92 Å². The minimum atomic E-state index is -0.0884. The Morgan fingerprint density at radius 2 is 1.75 bits per heavy atom. The summed E-state index contributed by atoms with van der Waals surface area (Å²) in [5.74, 6) is 0.472. The van der Waals surface area contributed by atoms with Gasteiger partial charge in [0.1, 0.15) is 0 Å². The van der Waals surface area contributed by atoms with Crippen LogP contribution in [0.3, 0.4) is 0 Å². The number of likely N-dealkylation sites (tertiary alicyclic amines) is 1. The van der Waals surface area contributed by atoms with Gasteiger partial charge < -0.3 is 10.2 Å². The second-order valence-electron chi connectivity index (χ2n) is 6.92. The Morgan fingerprint density at radius 1 is 1.04 bits per heavy atom. The van der Waals surface area contributed by atoms with Gasteiger partial charge in [0, 0.05) is 35.6 Å². The van der Waals surface area contributed by atoms with Crippen LogP contribution < -0.4 is 5.32 Å². The molecule has 1 aliphatic carbocycles. The van der Waals surface area contributed by atoms with Crippen molar-refractivity contribution in [2.45, 2.75) is 51.0 Å². The highest BCUT2D eigenvalue weighted by Gasteiger charge is 2.29. The van der Waals surface area contributed by atoms with E-state index in [0.717, 1.165) is 38.8 Å². The van der Waals surface area contributed by atoms with Crippen LogP contribution in [0.15, 0.2) is 24.3 Å². The molecule has 0 radical (unpaired) electrons. The van der Waals surface area contributed by atoms with Crippen molar-refractivity contribution in [3.63, 3.8) is 0 Å². The molecule has 130 valence electrons. The van der Waals surface area contributed by atoms with Crippen molar-refractivity contribution in [3.05, 3.63) is 34.9 Å². The van der Waals surface area contributed by atoms with Crippen LogP contribution in [0.1, 0.15) is 55.3 Å². The molecule has 3 rings (SSSR count). The van der Waals surface area contributed by atoms with Crippen LogP contribution in [0, 0.1) is 5.92 Å². The molecule has 1 N–H and O–H groups in total. The molecule has 24 heavy (non-hydrogen) atoms. The van der Waals surface area contributed by atoms with Gasteiger partial charge in [-0.3, -0.25) is 9.59 Å². The molecule has 0 bridgehead atoms. The van der Waals surface area contributed by atoms with Gasteiger partial charge in [-0.15, -0.1) is 0 Å². The van der Waals surface area contributed by atoms with Gasteiger partial charge in [0.2, 0.25) is 5.91 Å². The predicted octanol–water partition coefficient (Wildman–Crippen LogP) is 3.64. The Hall–Kier alpha value is -1.55. The molecule has 0 atom stereocenters. The van der Waals surface area contributed by atoms with E-state index in [9.17, 15) is 9.59 Å². The fourth-order valence-electron chi connectivity index (χ4n) is 3.75. The number of nitrogens with zero attached hydrogens (tertiary/aromatic N) is 1. The van der Waals surface area contributed by atoms with Crippen LogP contribution in [-0.2, 0) is 4.79 Å². The van der Waals surface area contributed by atoms with E-state index in [1.807, 2.05) is 4.90 Å². The molecule has 2 amide bonds. The van der Waals surface area contributed by atoms with Gasteiger partial charge in [0.15, 0.2) is 0 Å². The lowest BCUT2D eigenvalue weighted by Crippen LogP contribution is -2.48. The molecule has 1 saturated heterocycles. The second-order valence-corrected chi connectivity index (χ2v) is 7.35. The van der Waals surface area contributed by atoms with Crippen LogP contribution in [0.5, 0.6) is 0 Å². The predicted molar refractivity (Wildman–Crippen MR) is 95.1 cm³/mol. The fourth-order valence-corrected chi connectivity index (χ4v) is 3.94. The Labute approximate surface area is 148 Å². The van der Waals surface area contributed by atoms with Crippen molar-refractivity contribution >= 4 is 23.4 Å². The first-order valence-corrected chi connectivity index (χ1v) is 9.36. The zero-order valence-electron chi connectivity index (χ0n) is 14.0. The molecule has 5 heteroatoms. The normalized spacial score (nSPS) is 20.0. The van der Waals surface area contributed by atoms with Crippen molar-refractivity contribution in [3.8, 4) is 0 Å². The second kappa shape index (κ2) is 8.02. The lowest BCUT2D eigenvalue weighted by Gasteiger charge is -2.35. The number of amides is 2. The van der Waals surface area contributed by atoms with Gasteiger partial charge in [-0.05, 0) is 43.9 Å². The number of nitrogens with one attached hydrogen (secondary N) is 1. The lowest BCUT2D eigenvalue weighted by atomic mass is 9.87. The molecule has 0 unspecified atom stereocenters. The summed E-state index contributed by atoms with van der Waals surface area (Å²) in [5, 5.41) is 3.63. The summed E-state index contributed by atoms with van der Waals surface area (Å²) in [6, 6.07) is 7.12. The van der Waals surface area contributed by atoms with Crippen LogP contribution in [0.2, 0.25) is 5.02 Å². The van der Waals surface area contributed by atoms with Gasteiger partial charge in [-0.25, -0.2) is 0 Å². The molecule has 0 aromatic heterocycles. The minimum absolute atomic E-state index is 0.0884. The molecule has 1 aromatic carbocycles. The molecule has 1 heterocycles. The van der Waals surface area contributed by atoms with Crippen LogP contribution in [0.4, 0.5) is 0 Å². The monoisotopic (exact) mass is 348 g/mol. The Kier molecular flexibility index (Phi) is 5.77. The smallest absolute Gasteiger partial charge is 0.251 e. The summed E-state index contributed by atoms with van der Waals surface area (Å²) in [5.41, 5.74) is 0.586. The SMILES string of the molecule is O=C(NC1CCN(C(=O)C2CCCCC2)CC1)c1cccc(Cl)c1. The van der Waals surface area contributed by atoms with E-state index in [1.165, 1.54) is 19.3 Å². The molecule has 2 aliphatic rings. The minimum Gasteiger partial charge on any atom is -0.349 e. The molecule has 4 nitrogen and oxygen atoms in total. The summed E-state index contributed by atoms with van der Waals surface area (Å²) >= 11 is 5.94.